The van der Waals surface area contributed by atoms with Crippen molar-refractivity contribution in [3.63, 3.8) is 0 Å². The molecule has 1 aliphatic rings. The van der Waals surface area contributed by atoms with Crippen LogP contribution in [0.15, 0.2) is 40.9 Å². The lowest BCUT2D eigenvalue weighted by Gasteiger charge is -2.17. The summed E-state index contributed by atoms with van der Waals surface area (Å²) in [6, 6.07) is 10.5. The monoisotopic (exact) mass is 508 g/mol. The summed E-state index contributed by atoms with van der Waals surface area (Å²) in [7, 11) is 0. The van der Waals surface area contributed by atoms with E-state index >= 15 is 0 Å². The molecular formula is C22H22BrClN2O5. The molecule has 7 nitrogen and oxygen atoms in total. The molecule has 9 heteroatoms. The van der Waals surface area contributed by atoms with Crippen molar-refractivity contribution in [2.24, 2.45) is 5.92 Å². The Morgan fingerprint density at radius 1 is 1.23 bits per heavy atom. The zero-order chi connectivity index (χ0) is 22.5. The molecule has 164 valence electrons. The summed E-state index contributed by atoms with van der Waals surface area (Å²) in [6.07, 6.45) is 0.0368. The first kappa shape index (κ1) is 23.1. The fraction of sp³-hybridized carbons (Fsp3) is 0.318. The molecule has 0 aromatic heterocycles. The van der Waals surface area contributed by atoms with Gasteiger partial charge in [-0.25, -0.2) is 0 Å². The number of ether oxygens (including phenoxy) is 2. The number of rotatable bonds is 7. The van der Waals surface area contributed by atoms with Crippen molar-refractivity contribution in [3.8, 4) is 5.75 Å². The molecule has 0 radical (unpaired) electrons. The van der Waals surface area contributed by atoms with Crippen LogP contribution >= 0.6 is 27.5 Å². The molecule has 1 atom stereocenters. The molecule has 31 heavy (non-hydrogen) atoms. The minimum atomic E-state index is -0.629. The highest BCUT2D eigenvalue weighted by molar-refractivity contribution is 9.10. The number of carbonyl (C=O) groups excluding carboxylic acids is 3. The first-order chi connectivity index (χ1) is 14.8. The van der Waals surface area contributed by atoms with E-state index in [0.717, 1.165) is 4.47 Å². The summed E-state index contributed by atoms with van der Waals surface area (Å²) in [5.74, 6) is -1.15. The third-order valence-corrected chi connectivity index (χ3v) is 6.25. The zero-order valence-corrected chi connectivity index (χ0v) is 19.5. The number of esters is 1. The predicted molar refractivity (Wildman–Crippen MR) is 122 cm³/mol. The molecule has 1 N–H and O–H groups in total. The molecule has 1 aliphatic heterocycles. The number of anilines is 2. The van der Waals surface area contributed by atoms with E-state index in [0.29, 0.717) is 34.3 Å². The number of nitrogens with zero attached hydrogens (tertiary/aromatic N) is 1. The lowest BCUT2D eigenvalue weighted by atomic mass is 10.1. The van der Waals surface area contributed by atoms with Crippen LogP contribution in [-0.2, 0) is 19.1 Å². The van der Waals surface area contributed by atoms with E-state index < -0.39 is 24.4 Å². The minimum absolute atomic E-state index is 0.0368. The molecule has 0 saturated carbocycles. The molecule has 1 fully saturated rings. The highest BCUT2D eigenvalue weighted by Crippen LogP contribution is 2.31. The first-order valence-corrected chi connectivity index (χ1v) is 10.9. The normalized spacial score (nSPS) is 15.7. The molecule has 2 aromatic rings. The molecule has 2 amide bonds. The maximum atomic E-state index is 12.4. The van der Waals surface area contributed by atoms with Gasteiger partial charge < -0.3 is 19.7 Å². The van der Waals surface area contributed by atoms with Gasteiger partial charge in [0.15, 0.2) is 6.61 Å². The van der Waals surface area contributed by atoms with Gasteiger partial charge in [0.25, 0.3) is 5.91 Å². The average molecular weight is 510 g/mol. The molecule has 2 aromatic carbocycles. The Morgan fingerprint density at radius 2 is 1.94 bits per heavy atom. The highest BCUT2D eigenvalue weighted by atomic mass is 79.9. The minimum Gasteiger partial charge on any atom is -0.494 e. The number of benzene rings is 2. The molecule has 0 unspecified atom stereocenters. The van der Waals surface area contributed by atoms with Crippen molar-refractivity contribution >= 4 is 56.7 Å². The quantitative estimate of drug-likeness (QED) is 0.561. The Bertz CT molecular complexity index is 996. The number of hydrogen-bond acceptors (Lipinski definition) is 5. The maximum absolute atomic E-state index is 12.4. The molecule has 1 saturated heterocycles. The second kappa shape index (κ2) is 10.2. The zero-order valence-electron chi connectivity index (χ0n) is 17.1. The van der Waals surface area contributed by atoms with Gasteiger partial charge in [-0.15, -0.1) is 0 Å². The van der Waals surface area contributed by atoms with Gasteiger partial charge in [0, 0.05) is 28.8 Å². The van der Waals surface area contributed by atoms with Gasteiger partial charge in [0.2, 0.25) is 5.91 Å². The Kier molecular flexibility index (Phi) is 7.56. The van der Waals surface area contributed by atoms with Crippen LogP contribution in [0.1, 0.15) is 18.9 Å². The Labute approximate surface area is 193 Å². The molecule has 0 aliphatic carbocycles. The van der Waals surface area contributed by atoms with Crippen LogP contribution < -0.4 is 15.0 Å². The number of hydrogen-bond donors (Lipinski definition) is 1. The second-order valence-corrected chi connectivity index (χ2v) is 8.25. The van der Waals surface area contributed by atoms with Gasteiger partial charge >= 0.3 is 5.97 Å². The first-order valence-electron chi connectivity index (χ1n) is 9.74. The van der Waals surface area contributed by atoms with E-state index in [-0.39, 0.29) is 18.9 Å². The molecule has 3 rings (SSSR count). The van der Waals surface area contributed by atoms with Crippen molar-refractivity contribution < 1.29 is 23.9 Å². The van der Waals surface area contributed by atoms with Crippen LogP contribution in [0.5, 0.6) is 5.75 Å². The van der Waals surface area contributed by atoms with Crippen molar-refractivity contribution in [2.75, 3.05) is 30.0 Å². The van der Waals surface area contributed by atoms with Crippen molar-refractivity contribution in [1.82, 2.24) is 0 Å². The van der Waals surface area contributed by atoms with Gasteiger partial charge in [0.1, 0.15) is 5.75 Å². The second-order valence-electron chi connectivity index (χ2n) is 7.02. The summed E-state index contributed by atoms with van der Waals surface area (Å²) in [5.41, 5.74) is 1.92. The SMILES string of the molecule is CCOc1ccc(N2C[C@H](C(=O)OCC(=O)Nc3ccc(Br)c(Cl)c3C)CC2=O)cc1. The fourth-order valence-corrected chi connectivity index (χ4v) is 3.83. The van der Waals surface area contributed by atoms with Crippen molar-refractivity contribution in [1.29, 1.82) is 0 Å². The van der Waals surface area contributed by atoms with Gasteiger partial charge in [-0.3, -0.25) is 14.4 Å². The number of halogens is 2. The van der Waals surface area contributed by atoms with E-state index in [2.05, 4.69) is 21.2 Å². The van der Waals surface area contributed by atoms with E-state index in [1.165, 1.54) is 4.90 Å². The van der Waals surface area contributed by atoms with Crippen LogP contribution in [0.3, 0.4) is 0 Å². The number of carbonyl (C=O) groups is 3. The predicted octanol–water partition coefficient (Wildman–Crippen LogP) is 4.34. The standard InChI is InChI=1S/C22H22BrClN2O5/c1-3-30-16-6-4-15(5-7-16)26-11-14(10-20(26)28)22(29)31-12-19(27)25-18-9-8-17(23)21(24)13(18)2/h4-9,14H,3,10-12H2,1-2H3,(H,25,27)/t14-/m1/s1. The smallest absolute Gasteiger partial charge is 0.311 e. The Balaban J connectivity index is 1.53. The summed E-state index contributed by atoms with van der Waals surface area (Å²) in [4.78, 5) is 38.5. The summed E-state index contributed by atoms with van der Waals surface area (Å²) in [6.45, 7) is 3.98. The van der Waals surface area contributed by atoms with Crippen LogP contribution in [0.25, 0.3) is 0 Å². The summed E-state index contributed by atoms with van der Waals surface area (Å²) in [5, 5.41) is 3.17. The van der Waals surface area contributed by atoms with Crippen LogP contribution in [0.2, 0.25) is 5.02 Å². The largest absolute Gasteiger partial charge is 0.494 e. The summed E-state index contributed by atoms with van der Waals surface area (Å²) >= 11 is 9.47. The lowest BCUT2D eigenvalue weighted by Crippen LogP contribution is -2.28. The highest BCUT2D eigenvalue weighted by Gasteiger charge is 2.36. The number of nitrogens with one attached hydrogen (secondary N) is 1. The van der Waals surface area contributed by atoms with Crippen molar-refractivity contribution in [3.05, 3.63) is 51.5 Å². The van der Waals surface area contributed by atoms with Crippen molar-refractivity contribution in [2.45, 2.75) is 20.3 Å². The van der Waals surface area contributed by atoms with Crippen LogP contribution in [0, 0.1) is 12.8 Å². The van der Waals surface area contributed by atoms with E-state index in [1.807, 2.05) is 6.92 Å². The molecule has 0 bridgehead atoms. The Hall–Kier alpha value is -2.58. The van der Waals surface area contributed by atoms with Gasteiger partial charge in [-0.1, -0.05) is 11.6 Å². The average Bonchev–Trinajstić information content (AvgIpc) is 3.15. The third kappa shape index (κ3) is 5.57. The van der Waals surface area contributed by atoms with Gasteiger partial charge in [-0.05, 0) is 71.7 Å². The van der Waals surface area contributed by atoms with Gasteiger partial charge in [-0.2, -0.15) is 0 Å². The maximum Gasteiger partial charge on any atom is 0.311 e. The third-order valence-electron chi connectivity index (χ3n) is 4.88. The van der Waals surface area contributed by atoms with E-state index in [4.69, 9.17) is 21.1 Å². The number of amides is 2. The molecule has 1 heterocycles. The van der Waals surface area contributed by atoms with E-state index in [1.54, 1.807) is 43.3 Å². The summed E-state index contributed by atoms with van der Waals surface area (Å²) < 4.78 is 11.3. The van der Waals surface area contributed by atoms with E-state index in [9.17, 15) is 14.4 Å². The fourth-order valence-electron chi connectivity index (χ4n) is 3.23. The van der Waals surface area contributed by atoms with Crippen LogP contribution in [-0.4, -0.2) is 37.5 Å². The molecule has 0 spiro atoms. The van der Waals surface area contributed by atoms with Gasteiger partial charge in [0.05, 0.1) is 17.5 Å². The topological polar surface area (TPSA) is 84.9 Å². The lowest BCUT2D eigenvalue weighted by molar-refractivity contribution is -0.151. The molecular weight excluding hydrogens is 488 g/mol. The Morgan fingerprint density at radius 3 is 2.61 bits per heavy atom. The van der Waals surface area contributed by atoms with Crippen LogP contribution in [0.4, 0.5) is 11.4 Å².